The third kappa shape index (κ3) is 23.5. The van der Waals surface area contributed by atoms with Gasteiger partial charge in [-0.3, -0.25) is 0 Å². The van der Waals surface area contributed by atoms with E-state index in [1.165, 1.54) is 0 Å². The average Bonchev–Trinajstić information content (AvgIpc) is 2.84. The van der Waals surface area contributed by atoms with Crippen LogP contribution in [0.2, 0.25) is 0 Å². The second-order valence-electron chi connectivity index (χ2n) is 9.13. The molecule has 0 spiro atoms. The van der Waals surface area contributed by atoms with Crippen molar-refractivity contribution in [2.24, 2.45) is 0 Å². The van der Waals surface area contributed by atoms with Crippen molar-refractivity contribution in [2.45, 2.75) is 45.3 Å². The van der Waals surface area contributed by atoms with Crippen LogP contribution in [0.3, 0.4) is 0 Å². The molecule has 1 saturated heterocycles. The van der Waals surface area contributed by atoms with Gasteiger partial charge in [-0.1, -0.05) is 0 Å². The van der Waals surface area contributed by atoms with Gasteiger partial charge in [0.25, 0.3) is 0 Å². The Kier molecular flexibility index (Phi) is 21.4. The highest BCUT2D eigenvalue weighted by atomic mass is 16.6. The van der Waals surface area contributed by atoms with E-state index in [1.54, 1.807) is 0 Å². The molecule has 0 aromatic carbocycles. The third-order valence-corrected chi connectivity index (χ3v) is 4.74. The summed E-state index contributed by atoms with van der Waals surface area (Å²) in [6, 6.07) is 0. The Morgan fingerprint density at radius 3 is 1.36 bits per heavy atom. The molecule has 0 aliphatic carbocycles. The standard InChI is InChI=1S/C25H49NO10/c1-25(2,3)36-24(27)22-34-19-18-32-15-14-30-11-10-28-8-9-29-12-13-31-16-17-33-20-21-35-23-4-6-26-7-5-23/h23,26H,4-22H2,1-3H3. The Hall–Kier alpha value is -0.890. The summed E-state index contributed by atoms with van der Waals surface area (Å²) in [6.07, 6.45) is 2.53. The molecular weight excluding hydrogens is 474 g/mol. The number of carbonyl (C=O) groups excluding carboxylic acids is 1. The van der Waals surface area contributed by atoms with Crippen molar-refractivity contribution in [3.05, 3.63) is 0 Å². The Morgan fingerprint density at radius 1 is 0.611 bits per heavy atom. The van der Waals surface area contributed by atoms with Gasteiger partial charge in [0.05, 0.1) is 98.6 Å². The first-order valence-corrected chi connectivity index (χ1v) is 13.1. The van der Waals surface area contributed by atoms with Crippen LogP contribution in [0.4, 0.5) is 0 Å². The lowest BCUT2D eigenvalue weighted by Gasteiger charge is -2.22. The predicted molar refractivity (Wildman–Crippen MR) is 133 cm³/mol. The lowest BCUT2D eigenvalue weighted by Crippen LogP contribution is -2.33. The Labute approximate surface area is 216 Å². The third-order valence-electron chi connectivity index (χ3n) is 4.74. The average molecular weight is 524 g/mol. The van der Waals surface area contributed by atoms with Crippen LogP contribution in [0.25, 0.3) is 0 Å². The molecule has 0 aromatic rings. The van der Waals surface area contributed by atoms with Gasteiger partial charge in [0.2, 0.25) is 0 Å². The molecule has 0 atom stereocenters. The Bertz CT molecular complexity index is 498. The van der Waals surface area contributed by atoms with Gasteiger partial charge in [-0.25, -0.2) is 4.79 Å². The zero-order valence-electron chi connectivity index (χ0n) is 22.6. The maximum absolute atomic E-state index is 11.5. The molecule has 1 aliphatic rings. The molecule has 0 unspecified atom stereocenters. The summed E-state index contributed by atoms with van der Waals surface area (Å²) in [6.45, 7) is 14.5. The van der Waals surface area contributed by atoms with Crippen LogP contribution >= 0.6 is 0 Å². The smallest absolute Gasteiger partial charge is 0.332 e. The van der Waals surface area contributed by atoms with E-state index in [0.29, 0.717) is 98.6 Å². The summed E-state index contributed by atoms with van der Waals surface area (Å²) in [5, 5.41) is 3.32. The van der Waals surface area contributed by atoms with Crippen molar-refractivity contribution < 1.29 is 47.4 Å². The Balaban J connectivity index is 1.66. The SMILES string of the molecule is CC(C)(C)OC(=O)COCCOCCOCCOCCOCCOCCOCCOC1CCNCC1. The van der Waals surface area contributed by atoms with Gasteiger partial charge in [-0.15, -0.1) is 0 Å². The van der Waals surface area contributed by atoms with E-state index in [4.69, 9.17) is 42.6 Å². The summed E-state index contributed by atoms with van der Waals surface area (Å²) in [5.74, 6) is -0.380. The summed E-state index contributed by atoms with van der Waals surface area (Å²) in [7, 11) is 0. The molecule has 0 radical (unpaired) electrons. The van der Waals surface area contributed by atoms with Crippen molar-refractivity contribution in [3.63, 3.8) is 0 Å². The summed E-state index contributed by atoms with van der Waals surface area (Å²) >= 11 is 0. The largest absolute Gasteiger partial charge is 0.458 e. The molecule has 0 saturated carbocycles. The molecule has 1 fully saturated rings. The maximum Gasteiger partial charge on any atom is 0.332 e. The van der Waals surface area contributed by atoms with Crippen LogP contribution in [-0.2, 0) is 47.4 Å². The van der Waals surface area contributed by atoms with Crippen LogP contribution < -0.4 is 5.32 Å². The number of piperidine rings is 1. The molecule has 1 aliphatic heterocycles. The highest BCUT2D eigenvalue weighted by molar-refractivity contribution is 5.71. The zero-order valence-corrected chi connectivity index (χ0v) is 22.6. The van der Waals surface area contributed by atoms with E-state index < -0.39 is 5.60 Å². The molecule has 0 amide bonds. The van der Waals surface area contributed by atoms with Gasteiger partial charge >= 0.3 is 5.97 Å². The van der Waals surface area contributed by atoms with Crippen LogP contribution in [0.5, 0.6) is 0 Å². The molecule has 11 nitrogen and oxygen atoms in total. The molecule has 1 heterocycles. The number of ether oxygens (including phenoxy) is 9. The van der Waals surface area contributed by atoms with E-state index >= 15 is 0 Å². The van der Waals surface area contributed by atoms with Gasteiger partial charge in [0.1, 0.15) is 12.2 Å². The first kappa shape index (κ1) is 33.1. The zero-order chi connectivity index (χ0) is 26.2. The fraction of sp³-hybridized carbons (Fsp3) is 0.960. The van der Waals surface area contributed by atoms with Gasteiger partial charge in [0, 0.05) is 0 Å². The number of esters is 1. The van der Waals surface area contributed by atoms with Gasteiger partial charge < -0.3 is 47.9 Å². The van der Waals surface area contributed by atoms with Gasteiger partial charge in [-0.2, -0.15) is 0 Å². The second-order valence-corrected chi connectivity index (χ2v) is 9.13. The summed E-state index contributed by atoms with van der Waals surface area (Å²) < 4.78 is 48.8. The molecular formula is C25H49NO10. The van der Waals surface area contributed by atoms with E-state index in [-0.39, 0.29) is 12.6 Å². The molecule has 0 aromatic heterocycles. The van der Waals surface area contributed by atoms with E-state index in [2.05, 4.69) is 5.32 Å². The number of rotatable bonds is 24. The van der Waals surface area contributed by atoms with Crippen LogP contribution in [-0.4, -0.2) is 130 Å². The second kappa shape index (κ2) is 23.2. The van der Waals surface area contributed by atoms with Crippen LogP contribution in [0, 0.1) is 0 Å². The molecule has 0 bridgehead atoms. The van der Waals surface area contributed by atoms with E-state index in [0.717, 1.165) is 25.9 Å². The molecule has 1 N–H and O–H groups in total. The lowest BCUT2D eigenvalue weighted by atomic mass is 10.1. The first-order valence-electron chi connectivity index (χ1n) is 13.1. The predicted octanol–water partition coefficient (Wildman–Crippen LogP) is 1.21. The number of hydrogen-bond donors (Lipinski definition) is 1. The monoisotopic (exact) mass is 523 g/mol. The normalized spacial score (nSPS) is 14.9. The minimum Gasteiger partial charge on any atom is -0.458 e. The highest BCUT2D eigenvalue weighted by Gasteiger charge is 2.16. The van der Waals surface area contributed by atoms with Crippen molar-refractivity contribution in [1.82, 2.24) is 5.32 Å². The van der Waals surface area contributed by atoms with Crippen molar-refractivity contribution >= 4 is 5.97 Å². The fourth-order valence-corrected chi connectivity index (χ4v) is 3.08. The minimum absolute atomic E-state index is 0.0741. The topological polar surface area (TPSA) is 112 Å². The lowest BCUT2D eigenvalue weighted by molar-refractivity contribution is -0.160. The van der Waals surface area contributed by atoms with E-state index in [9.17, 15) is 4.79 Å². The van der Waals surface area contributed by atoms with Gasteiger partial charge in [0.15, 0.2) is 0 Å². The molecule has 1 rings (SSSR count). The Morgan fingerprint density at radius 2 is 0.972 bits per heavy atom. The number of carbonyl (C=O) groups is 1. The number of nitrogens with one attached hydrogen (secondary N) is 1. The van der Waals surface area contributed by atoms with Crippen molar-refractivity contribution in [3.8, 4) is 0 Å². The first-order chi connectivity index (χ1) is 17.5. The van der Waals surface area contributed by atoms with Crippen LogP contribution in [0.15, 0.2) is 0 Å². The summed E-state index contributed by atoms with van der Waals surface area (Å²) in [4.78, 5) is 11.5. The van der Waals surface area contributed by atoms with Crippen LogP contribution in [0.1, 0.15) is 33.6 Å². The summed E-state index contributed by atoms with van der Waals surface area (Å²) in [5.41, 5.74) is -0.502. The molecule has 36 heavy (non-hydrogen) atoms. The molecule has 11 heteroatoms. The van der Waals surface area contributed by atoms with Crippen molar-refractivity contribution in [1.29, 1.82) is 0 Å². The van der Waals surface area contributed by atoms with Crippen molar-refractivity contribution in [2.75, 3.05) is 112 Å². The quantitative estimate of drug-likeness (QED) is 0.146. The number of hydrogen-bond acceptors (Lipinski definition) is 11. The van der Waals surface area contributed by atoms with Gasteiger partial charge in [-0.05, 0) is 46.7 Å². The fourth-order valence-electron chi connectivity index (χ4n) is 3.08. The maximum atomic E-state index is 11.5. The van der Waals surface area contributed by atoms with E-state index in [1.807, 2.05) is 20.8 Å². The molecule has 214 valence electrons. The highest BCUT2D eigenvalue weighted by Crippen LogP contribution is 2.07. The minimum atomic E-state index is -0.502.